The highest BCUT2D eigenvalue weighted by Crippen LogP contribution is 2.40. The van der Waals surface area contributed by atoms with E-state index in [1.54, 1.807) is 4.90 Å². The van der Waals surface area contributed by atoms with E-state index < -0.39 is 12.1 Å². The fraction of sp³-hybridized carbons (Fsp3) is 0.923. The second kappa shape index (κ2) is 5.69. The normalized spacial score (nSPS) is 32.6. The maximum atomic E-state index is 12.6. The molecule has 2 fully saturated rings. The second-order valence-electron chi connectivity index (χ2n) is 5.65. The van der Waals surface area contributed by atoms with Gasteiger partial charge in [0.15, 0.2) is 0 Å². The molecule has 2 aliphatic rings. The molecule has 110 valence electrons. The van der Waals surface area contributed by atoms with Crippen molar-refractivity contribution in [3.05, 3.63) is 0 Å². The van der Waals surface area contributed by atoms with Gasteiger partial charge in [-0.05, 0) is 38.5 Å². The van der Waals surface area contributed by atoms with Crippen LogP contribution in [-0.4, -0.2) is 36.1 Å². The van der Waals surface area contributed by atoms with Gasteiger partial charge in [-0.15, -0.1) is 0 Å². The average molecular weight is 278 g/mol. The van der Waals surface area contributed by atoms with Crippen LogP contribution < -0.4 is 5.73 Å². The van der Waals surface area contributed by atoms with Crippen LogP contribution in [0.3, 0.4) is 0 Å². The highest BCUT2D eigenvalue weighted by atomic mass is 19.4. The number of halogens is 3. The molecular weight excluding hydrogens is 257 g/mol. The Labute approximate surface area is 111 Å². The Balaban J connectivity index is 1.89. The van der Waals surface area contributed by atoms with Gasteiger partial charge in [0.25, 0.3) is 0 Å². The number of hydrogen-bond donors (Lipinski definition) is 1. The lowest BCUT2D eigenvalue weighted by atomic mass is 9.81. The molecule has 1 atom stereocenters. The van der Waals surface area contributed by atoms with E-state index in [9.17, 15) is 18.0 Å². The van der Waals surface area contributed by atoms with Crippen molar-refractivity contribution < 1.29 is 18.0 Å². The summed E-state index contributed by atoms with van der Waals surface area (Å²) in [5.41, 5.74) is 5.63. The van der Waals surface area contributed by atoms with E-state index in [0.29, 0.717) is 25.9 Å². The Morgan fingerprint density at radius 2 is 1.79 bits per heavy atom. The molecule has 3 nitrogen and oxygen atoms in total. The van der Waals surface area contributed by atoms with Crippen LogP contribution in [-0.2, 0) is 4.79 Å². The SMILES string of the molecule is NCC1CCCN1C(=O)C1CCC(C(F)(F)F)CC1. The molecular formula is C13H21F3N2O. The molecule has 2 rings (SSSR count). The third-order valence-electron chi connectivity index (χ3n) is 4.47. The molecule has 1 saturated heterocycles. The molecule has 1 amide bonds. The Morgan fingerprint density at radius 3 is 2.32 bits per heavy atom. The van der Waals surface area contributed by atoms with Crippen molar-refractivity contribution in [2.24, 2.45) is 17.6 Å². The Kier molecular flexibility index (Phi) is 4.38. The Hall–Kier alpha value is -0.780. The molecule has 0 bridgehead atoms. The van der Waals surface area contributed by atoms with E-state index in [0.717, 1.165) is 12.8 Å². The highest BCUT2D eigenvalue weighted by molar-refractivity contribution is 5.79. The lowest BCUT2D eigenvalue weighted by Gasteiger charge is -2.33. The van der Waals surface area contributed by atoms with Gasteiger partial charge in [0.2, 0.25) is 5.91 Å². The minimum Gasteiger partial charge on any atom is -0.338 e. The number of carbonyl (C=O) groups excluding carboxylic acids is 1. The summed E-state index contributed by atoms with van der Waals surface area (Å²) >= 11 is 0. The van der Waals surface area contributed by atoms with E-state index >= 15 is 0 Å². The quantitative estimate of drug-likeness (QED) is 0.842. The molecule has 0 aromatic heterocycles. The van der Waals surface area contributed by atoms with Gasteiger partial charge >= 0.3 is 6.18 Å². The van der Waals surface area contributed by atoms with Gasteiger partial charge in [0.1, 0.15) is 0 Å². The van der Waals surface area contributed by atoms with E-state index in [2.05, 4.69) is 0 Å². The van der Waals surface area contributed by atoms with Gasteiger partial charge < -0.3 is 10.6 Å². The second-order valence-corrected chi connectivity index (χ2v) is 5.65. The predicted octanol–water partition coefficient (Wildman–Crippen LogP) is 2.30. The van der Waals surface area contributed by atoms with Gasteiger partial charge in [-0.3, -0.25) is 4.79 Å². The standard InChI is InChI=1S/C13H21F3N2O/c14-13(15,16)10-5-3-9(4-6-10)12(19)18-7-1-2-11(18)8-17/h9-11H,1-8,17H2. The predicted molar refractivity (Wildman–Crippen MR) is 65.3 cm³/mol. The van der Waals surface area contributed by atoms with Crippen LogP contribution in [0.15, 0.2) is 0 Å². The molecule has 1 heterocycles. The molecule has 2 N–H and O–H groups in total. The summed E-state index contributed by atoms with van der Waals surface area (Å²) in [6.45, 7) is 1.16. The minimum absolute atomic E-state index is 0.0218. The molecule has 1 unspecified atom stereocenters. The number of hydrogen-bond acceptors (Lipinski definition) is 2. The number of amides is 1. The Bertz CT molecular complexity index is 324. The monoisotopic (exact) mass is 278 g/mol. The zero-order valence-corrected chi connectivity index (χ0v) is 11.0. The maximum absolute atomic E-state index is 12.6. The third-order valence-corrected chi connectivity index (χ3v) is 4.47. The first kappa shape index (κ1) is 14.6. The van der Waals surface area contributed by atoms with Crippen molar-refractivity contribution in [2.75, 3.05) is 13.1 Å². The van der Waals surface area contributed by atoms with Crippen LogP contribution >= 0.6 is 0 Å². The topological polar surface area (TPSA) is 46.3 Å². The summed E-state index contributed by atoms with van der Waals surface area (Å²) in [5.74, 6) is -1.43. The van der Waals surface area contributed by atoms with Gasteiger partial charge in [0, 0.05) is 25.0 Å². The fourth-order valence-corrected chi connectivity index (χ4v) is 3.27. The highest BCUT2D eigenvalue weighted by Gasteiger charge is 2.43. The largest absolute Gasteiger partial charge is 0.391 e. The number of carbonyl (C=O) groups is 1. The maximum Gasteiger partial charge on any atom is 0.391 e. The summed E-state index contributed by atoms with van der Waals surface area (Å²) in [7, 11) is 0. The van der Waals surface area contributed by atoms with Crippen LogP contribution in [0.4, 0.5) is 13.2 Å². The van der Waals surface area contributed by atoms with Crippen molar-refractivity contribution in [2.45, 2.75) is 50.7 Å². The summed E-state index contributed by atoms with van der Waals surface area (Å²) in [6, 6.07) is 0.0906. The van der Waals surface area contributed by atoms with Crippen LogP contribution in [0.2, 0.25) is 0 Å². The lowest BCUT2D eigenvalue weighted by Crippen LogP contribution is -2.44. The van der Waals surface area contributed by atoms with E-state index in [-0.39, 0.29) is 30.7 Å². The molecule has 1 aliphatic carbocycles. The Morgan fingerprint density at radius 1 is 1.16 bits per heavy atom. The van der Waals surface area contributed by atoms with E-state index in [4.69, 9.17) is 5.73 Å². The lowest BCUT2D eigenvalue weighted by molar-refractivity contribution is -0.185. The molecule has 1 saturated carbocycles. The van der Waals surface area contributed by atoms with E-state index in [1.165, 1.54) is 0 Å². The minimum atomic E-state index is -4.11. The van der Waals surface area contributed by atoms with Gasteiger partial charge in [-0.2, -0.15) is 13.2 Å². The van der Waals surface area contributed by atoms with Gasteiger partial charge in [-0.1, -0.05) is 0 Å². The number of rotatable bonds is 2. The first-order valence-corrected chi connectivity index (χ1v) is 7.00. The van der Waals surface area contributed by atoms with Gasteiger partial charge in [0.05, 0.1) is 5.92 Å². The van der Waals surface area contributed by atoms with Crippen molar-refractivity contribution in [3.8, 4) is 0 Å². The smallest absolute Gasteiger partial charge is 0.338 e. The zero-order valence-electron chi connectivity index (χ0n) is 11.0. The van der Waals surface area contributed by atoms with Crippen molar-refractivity contribution in [1.29, 1.82) is 0 Å². The summed E-state index contributed by atoms with van der Waals surface area (Å²) < 4.78 is 37.7. The number of nitrogens with two attached hydrogens (primary N) is 1. The molecule has 0 radical (unpaired) electrons. The van der Waals surface area contributed by atoms with Crippen LogP contribution in [0.25, 0.3) is 0 Å². The molecule has 0 spiro atoms. The van der Waals surface area contributed by atoms with Crippen LogP contribution in [0.1, 0.15) is 38.5 Å². The van der Waals surface area contributed by atoms with Crippen molar-refractivity contribution >= 4 is 5.91 Å². The molecule has 19 heavy (non-hydrogen) atoms. The summed E-state index contributed by atoms with van der Waals surface area (Å²) in [4.78, 5) is 14.1. The van der Waals surface area contributed by atoms with E-state index in [1.807, 2.05) is 0 Å². The zero-order chi connectivity index (χ0) is 14.0. The van der Waals surface area contributed by atoms with Crippen LogP contribution in [0.5, 0.6) is 0 Å². The average Bonchev–Trinajstić information content (AvgIpc) is 2.85. The third kappa shape index (κ3) is 3.22. The summed E-state index contributed by atoms with van der Waals surface area (Å²) in [5, 5.41) is 0. The number of likely N-dealkylation sites (tertiary alicyclic amines) is 1. The molecule has 0 aromatic rings. The fourth-order valence-electron chi connectivity index (χ4n) is 3.27. The first-order valence-electron chi connectivity index (χ1n) is 7.00. The molecule has 6 heteroatoms. The number of nitrogens with zero attached hydrogens (tertiary/aromatic N) is 1. The van der Waals surface area contributed by atoms with Crippen molar-refractivity contribution in [1.82, 2.24) is 4.90 Å². The summed E-state index contributed by atoms with van der Waals surface area (Å²) in [6.07, 6.45) is -1.36. The molecule has 0 aromatic carbocycles. The van der Waals surface area contributed by atoms with Crippen molar-refractivity contribution in [3.63, 3.8) is 0 Å². The molecule has 1 aliphatic heterocycles. The van der Waals surface area contributed by atoms with Crippen LogP contribution in [0, 0.1) is 11.8 Å². The number of alkyl halides is 3. The van der Waals surface area contributed by atoms with Gasteiger partial charge in [-0.25, -0.2) is 0 Å². The first-order chi connectivity index (χ1) is 8.93.